The molecule has 0 N–H and O–H groups in total. The standard InChI is InChI=1S/C12H17NO5/c1-12(2,3)18-11(16)13-7-5-6(7)8(9(13)14)10(15)17-4/h6-8H,5H2,1-4H3. The van der Waals surface area contributed by atoms with Crippen molar-refractivity contribution in [2.24, 2.45) is 11.8 Å². The van der Waals surface area contributed by atoms with Crippen LogP contribution in [0.15, 0.2) is 0 Å². The number of imide groups is 1. The molecule has 6 heteroatoms. The number of amides is 2. The molecule has 18 heavy (non-hydrogen) atoms. The van der Waals surface area contributed by atoms with Crippen LogP contribution in [0.4, 0.5) is 4.79 Å². The van der Waals surface area contributed by atoms with Crippen molar-refractivity contribution in [3.8, 4) is 0 Å². The molecule has 1 aliphatic heterocycles. The van der Waals surface area contributed by atoms with Gasteiger partial charge in [0, 0.05) is 12.0 Å². The smallest absolute Gasteiger partial charge is 0.417 e. The van der Waals surface area contributed by atoms with Gasteiger partial charge in [0.15, 0.2) is 0 Å². The van der Waals surface area contributed by atoms with E-state index in [1.54, 1.807) is 20.8 Å². The lowest BCUT2D eigenvalue weighted by molar-refractivity contribution is -0.151. The van der Waals surface area contributed by atoms with Crippen LogP contribution in [0.3, 0.4) is 0 Å². The Bertz CT molecular complexity index is 411. The van der Waals surface area contributed by atoms with Crippen molar-refractivity contribution in [1.29, 1.82) is 0 Å². The van der Waals surface area contributed by atoms with Crippen molar-refractivity contribution >= 4 is 18.0 Å². The van der Waals surface area contributed by atoms with E-state index in [4.69, 9.17) is 4.74 Å². The first-order valence-corrected chi connectivity index (χ1v) is 5.90. The number of piperidine rings is 1. The molecule has 0 bridgehead atoms. The lowest BCUT2D eigenvalue weighted by Gasteiger charge is -2.24. The number of likely N-dealkylation sites (tertiary alicyclic amines) is 1. The van der Waals surface area contributed by atoms with Crippen molar-refractivity contribution in [3.63, 3.8) is 0 Å². The number of methoxy groups -OCH3 is 1. The largest absolute Gasteiger partial charge is 0.468 e. The summed E-state index contributed by atoms with van der Waals surface area (Å²) in [6, 6.07) is -0.198. The van der Waals surface area contributed by atoms with Crippen LogP contribution in [0.25, 0.3) is 0 Å². The maximum atomic E-state index is 12.0. The maximum Gasteiger partial charge on any atom is 0.417 e. The first-order chi connectivity index (χ1) is 8.26. The summed E-state index contributed by atoms with van der Waals surface area (Å²) in [5.74, 6) is -2.01. The van der Waals surface area contributed by atoms with E-state index in [-0.39, 0.29) is 12.0 Å². The van der Waals surface area contributed by atoms with Gasteiger partial charge in [-0.25, -0.2) is 9.69 Å². The van der Waals surface area contributed by atoms with Crippen molar-refractivity contribution in [1.82, 2.24) is 4.90 Å². The van der Waals surface area contributed by atoms with E-state index in [9.17, 15) is 14.4 Å². The third-order valence-corrected chi connectivity index (χ3v) is 3.11. The Labute approximate surface area is 105 Å². The van der Waals surface area contributed by atoms with Crippen LogP contribution in [0, 0.1) is 11.8 Å². The summed E-state index contributed by atoms with van der Waals surface area (Å²) in [4.78, 5) is 36.5. The van der Waals surface area contributed by atoms with Crippen LogP contribution in [-0.4, -0.2) is 41.6 Å². The zero-order chi connectivity index (χ0) is 13.7. The second kappa shape index (κ2) is 3.96. The van der Waals surface area contributed by atoms with E-state index in [1.165, 1.54) is 7.11 Å². The number of carbonyl (C=O) groups is 3. The summed E-state index contributed by atoms with van der Waals surface area (Å²) in [7, 11) is 1.24. The number of carbonyl (C=O) groups excluding carboxylic acids is 3. The van der Waals surface area contributed by atoms with Crippen LogP contribution in [-0.2, 0) is 19.1 Å². The normalized spacial score (nSPS) is 29.9. The Morgan fingerprint density at radius 1 is 1.33 bits per heavy atom. The van der Waals surface area contributed by atoms with Crippen LogP contribution in [0.1, 0.15) is 27.2 Å². The number of esters is 1. The summed E-state index contributed by atoms with van der Waals surface area (Å²) in [6.45, 7) is 5.19. The van der Waals surface area contributed by atoms with Gasteiger partial charge in [-0.3, -0.25) is 9.59 Å². The molecule has 2 fully saturated rings. The summed E-state index contributed by atoms with van der Waals surface area (Å²) in [5, 5.41) is 0. The predicted molar refractivity (Wildman–Crippen MR) is 60.5 cm³/mol. The first kappa shape index (κ1) is 12.9. The van der Waals surface area contributed by atoms with E-state index >= 15 is 0 Å². The Morgan fingerprint density at radius 2 is 1.94 bits per heavy atom. The fourth-order valence-corrected chi connectivity index (χ4v) is 2.29. The number of rotatable bonds is 1. The first-order valence-electron chi connectivity index (χ1n) is 5.90. The molecule has 1 saturated carbocycles. The second-order valence-corrected chi connectivity index (χ2v) is 5.66. The quantitative estimate of drug-likeness (QED) is 0.515. The Kier molecular flexibility index (Phi) is 2.83. The highest BCUT2D eigenvalue weighted by atomic mass is 16.6. The van der Waals surface area contributed by atoms with Crippen molar-refractivity contribution in [3.05, 3.63) is 0 Å². The summed E-state index contributed by atoms with van der Waals surface area (Å²) >= 11 is 0. The Morgan fingerprint density at radius 3 is 2.44 bits per heavy atom. The van der Waals surface area contributed by atoms with Crippen molar-refractivity contribution in [2.45, 2.75) is 38.8 Å². The van der Waals surface area contributed by atoms with Crippen molar-refractivity contribution < 1.29 is 23.9 Å². The molecule has 0 aromatic heterocycles. The van der Waals surface area contributed by atoms with E-state index in [1.807, 2.05) is 0 Å². The van der Waals surface area contributed by atoms with Gasteiger partial charge in [-0.2, -0.15) is 0 Å². The van der Waals surface area contributed by atoms with Gasteiger partial charge in [0.2, 0.25) is 5.91 Å². The third-order valence-electron chi connectivity index (χ3n) is 3.11. The molecule has 0 aromatic rings. The summed E-state index contributed by atoms with van der Waals surface area (Å²) in [6.07, 6.45) is -0.0171. The van der Waals surface area contributed by atoms with Gasteiger partial charge in [0.05, 0.1) is 7.11 Å². The highest BCUT2D eigenvalue weighted by Crippen LogP contribution is 2.49. The zero-order valence-electron chi connectivity index (χ0n) is 10.9. The maximum absolute atomic E-state index is 12.0. The van der Waals surface area contributed by atoms with Crippen molar-refractivity contribution in [2.75, 3.05) is 7.11 Å². The molecular formula is C12H17NO5. The fraction of sp³-hybridized carbons (Fsp3) is 0.750. The van der Waals surface area contributed by atoms with Gasteiger partial charge in [0.1, 0.15) is 11.5 Å². The molecule has 2 aliphatic rings. The minimum Gasteiger partial charge on any atom is -0.468 e. The lowest BCUT2D eigenvalue weighted by Crippen LogP contribution is -2.42. The van der Waals surface area contributed by atoms with Gasteiger partial charge in [0.25, 0.3) is 0 Å². The molecular weight excluding hydrogens is 238 g/mol. The van der Waals surface area contributed by atoms with Gasteiger partial charge in [-0.05, 0) is 27.2 Å². The molecule has 0 spiro atoms. The van der Waals surface area contributed by atoms with Crippen LogP contribution < -0.4 is 0 Å². The molecule has 0 aromatic carbocycles. The number of nitrogens with zero attached hydrogens (tertiary/aromatic N) is 1. The SMILES string of the molecule is COC(=O)C1C(=O)N(C(=O)OC(C)(C)C)C2CC12. The fourth-order valence-electron chi connectivity index (χ4n) is 2.29. The van der Waals surface area contributed by atoms with Gasteiger partial charge in [-0.15, -0.1) is 0 Å². The number of hydrogen-bond acceptors (Lipinski definition) is 5. The molecule has 6 nitrogen and oxygen atoms in total. The monoisotopic (exact) mass is 255 g/mol. The molecule has 2 rings (SSSR count). The van der Waals surface area contributed by atoms with Gasteiger partial charge < -0.3 is 9.47 Å². The molecule has 100 valence electrons. The van der Waals surface area contributed by atoms with Gasteiger partial charge in [-0.1, -0.05) is 0 Å². The molecule has 1 heterocycles. The number of fused-ring (bicyclic) bond motifs is 1. The second-order valence-electron chi connectivity index (χ2n) is 5.66. The molecule has 2 amide bonds. The lowest BCUT2D eigenvalue weighted by atomic mass is 10.1. The van der Waals surface area contributed by atoms with Crippen LogP contribution >= 0.6 is 0 Å². The van der Waals surface area contributed by atoms with E-state index < -0.39 is 29.5 Å². The Hall–Kier alpha value is -1.59. The third kappa shape index (κ3) is 2.07. The molecule has 3 unspecified atom stereocenters. The van der Waals surface area contributed by atoms with E-state index in [2.05, 4.69) is 4.74 Å². The van der Waals surface area contributed by atoms with Gasteiger partial charge >= 0.3 is 12.1 Å². The predicted octanol–water partition coefficient (Wildman–Crippen LogP) is 0.941. The highest BCUT2D eigenvalue weighted by Gasteiger charge is 2.64. The number of ether oxygens (including phenoxy) is 2. The summed E-state index contributed by atoms with van der Waals surface area (Å²) in [5.41, 5.74) is -0.662. The molecule has 1 saturated heterocycles. The molecule has 3 atom stereocenters. The average molecular weight is 255 g/mol. The zero-order valence-corrected chi connectivity index (χ0v) is 10.9. The molecule has 0 radical (unpaired) electrons. The minimum atomic E-state index is -0.840. The number of hydrogen-bond donors (Lipinski definition) is 0. The summed E-state index contributed by atoms with van der Waals surface area (Å²) < 4.78 is 9.76. The van der Waals surface area contributed by atoms with E-state index in [0.29, 0.717) is 6.42 Å². The Balaban J connectivity index is 2.11. The highest BCUT2D eigenvalue weighted by molar-refractivity contribution is 6.07. The topological polar surface area (TPSA) is 72.9 Å². The van der Waals surface area contributed by atoms with Crippen LogP contribution in [0.5, 0.6) is 0 Å². The average Bonchev–Trinajstić information content (AvgIpc) is 2.90. The van der Waals surface area contributed by atoms with E-state index in [0.717, 1.165) is 4.90 Å². The minimum absolute atomic E-state index is 0.0996. The molecule has 1 aliphatic carbocycles. The van der Waals surface area contributed by atoms with Crippen LogP contribution in [0.2, 0.25) is 0 Å².